The second-order valence-corrected chi connectivity index (χ2v) is 5.14. The summed E-state index contributed by atoms with van der Waals surface area (Å²) in [5, 5.41) is 17.1. The van der Waals surface area contributed by atoms with Crippen molar-refractivity contribution in [2.45, 2.75) is 65.8 Å². The highest BCUT2D eigenvalue weighted by molar-refractivity contribution is 4.57. The predicted molar refractivity (Wildman–Crippen MR) is 70.2 cm³/mol. The first kappa shape index (κ1) is 19.2. The van der Waals surface area contributed by atoms with Gasteiger partial charge in [0.25, 0.3) is 0 Å². The molecule has 4 heteroatoms. The van der Waals surface area contributed by atoms with Crippen molar-refractivity contribution in [2.24, 2.45) is 0 Å². The number of rotatable bonds is 6. The van der Waals surface area contributed by atoms with E-state index < -0.39 is 6.10 Å². The molecule has 0 aromatic rings. The Morgan fingerprint density at radius 2 is 1.71 bits per heavy atom. The minimum atomic E-state index is -0.445. The monoisotopic (exact) mass is 250 g/mol. The molecule has 0 bridgehead atoms. The van der Waals surface area contributed by atoms with E-state index >= 15 is 0 Å². The number of aliphatic hydroxyl groups is 2. The average molecular weight is 250 g/mol. The largest absolute Gasteiger partial charge is 0.394 e. The molecule has 0 aliphatic heterocycles. The number of hydrogen-bond donors (Lipinski definition) is 2. The Bertz CT molecular complexity index is 152. The van der Waals surface area contributed by atoms with Gasteiger partial charge in [0.05, 0.1) is 31.0 Å². The van der Waals surface area contributed by atoms with Crippen LogP contribution < -0.4 is 0 Å². The second-order valence-electron chi connectivity index (χ2n) is 5.14. The van der Waals surface area contributed by atoms with Gasteiger partial charge in [-0.05, 0) is 41.0 Å². The maximum Gasteiger partial charge on any atom is 0.0779 e. The Hall–Kier alpha value is -0.160. The van der Waals surface area contributed by atoms with Crippen molar-refractivity contribution < 1.29 is 19.7 Å². The molecular weight excluding hydrogens is 220 g/mol. The van der Waals surface area contributed by atoms with Crippen molar-refractivity contribution in [1.82, 2.24) is 0 Å². The van der Waals surface area contributed by atoms with Crippen LogP contribution in [0.25, 0.3) is 0 Å². The zero-order valence-electron chi connectivity index (χ0n) is 12.2. The molecule has 2 unspecified atom stereocenters. The van der Waals surface area contributed by atoms with Gasteiger partial charge in [0, 0.05) is 6.61 Å². The lowest BCUT2D eigenvalue weighted by atomic mass is 10.2. The van der Waals surface area contributed by atoms with Crippen LogP contribution in [0.5, 0.6) is 0 Å². The summed E-state index contributed by atoms with van der Waals surface area (Å²) in [6, 6.07) is 0. The zero-order valence-corrected chi connectivity index (χ0v) is 12.2. The molecule has 0 saturated heterocycles. The van der Waals surface area contributed by atoms with Gasteiger partial charge in [0.15, 0.2) is 0 Å². The first-order valence-electron chi connectivity index (χ1n) is 6.27. The molecule has 2 atom stereocenters. The Morgan fingerprint density at radius 3 is 1.94 bits per heavy atom. The third kappa shape index (κ3) is 21.6. The summed E-state index contributed by atoms with van der Waals surface area (Å²) in [5.74, 6) is 0. The number of hydrogen-bond acceptors (Lipinski definition) is 4. The van der Waals surface area contributed by atoms with Crippen molar-refractivity contribution in [3.8, 4) is 0 Å². The first-order chi connectivity index (χ1) is 7.72. The molecule has 0 fully saturated rings. The quantitative estimate of drug-likeness (QED) is 0.757. The summed E-state index contributed by atoms with van der Waals surface area (Å²) in [6.07, 6.45) is 0.496. The lowest BCUT2D eigenvalue weighted by Crippen LogP contribution is -2.19. The smallest absolute Gasteiger partial charge is 0.0779 e. The van der Waals surface area contributed by atoms with Gasteiger partial charge >= 0.3 is 0 Å². The molecule has 2 N–H and O–H groups in total. The van der Waals surface area contributed by atoms with E-state index in [4.69, 9.17) is 19.7 Å². The summed E-state index contributed by atoms with van der Waals surface area (Å²) in [6.45, 7) is 12.9. The van der Waals surface area contributed by atoms with Gasteiger partial charge in [-0.3, -0.25) is 0 Å². The standard InChI is InChI=1S/C7H16O.C6H14O3/c1-5-6-8-7(2,3)4;1-5(8)4-9-6(2)3-7/h5-6H2,1-4H3;5-8H,3-4H2,1-2H3. The Labute approximate surface area is 106 Å². The first-order valence-corrected chi connectivity index (χ1v) is 6.27. The average Bonchev–Trinajstić information content (AvgIpc) is 2.22. The van der Waals surface area contributed by atoms with Crippen molar-refractivity contribution in [3.05, 3.63) is 0 Å². The molecule has 0 aliphatic rings. The summed E-state index contributed by atoms with van der Waals surface area (Å²) in [5.41, 5.74) is 0.0516. The second kappa shape index (κ2) is 11.0. The molecule has 106 valence electrons. The molecule has 17 heavy (non-hydrogen) atoms. The van der Waals surface area contributed by atoms with Gasteiger partial charge in [-0.2, -0.15) is 0 Å². The van der Waals surface area contributed by atoms with Crippen LogP contribution in [0.2, 0.25) is 0 Å². The van der Waals surface area contributed by atoms with Crippen LogP contribution in [-0.2, 0) is 9.47 Å². The summed E-state index contributed by atoms with van der Waals surface area (Å²) in [4.78, 5) is 0. The van der Waals surface area contributed by atoms with E-state index in [0.29, 0.717) is 6.61 Å². The van der Waals surface area contributed by atoms with Gasteiger partial charge in [0.2, 0.25) is 0 Å². The third-order valence-corrected chi connectivity index (χ3v) is 1.62. The Balaban J connectivity index is 0. The minimum Gasteiger partial charge on any atom is -0.394 e. The highest BCUT2D eigenvalue weighted by atomic mass is 16.5. The van der Waals surface area contributed by atoms with E-state index in [9.17, 15) is 0 Å². The molecule has 0 amide bonds. The van der Waals surface area contributed by atoms with Crippen molar-refractivity contribution >= 4 is 0 Å². The molecule has 0 spiro atoms. The van der Waals surface area contributed by atoms with Crippen LogP contribution in [0.4, 0.5) is 0 Å². The van der Waals surface area contributed by atoms with Crippen LogP contribution in [-0.4, -0.2) is 47.8 Å². The molecule has 0 heterocycles. The van der Waals surface area contributed by atoms with Gasteiger partial charge in [-0.25, -0.2) is 0 Å². The van der Waals surface area contributed by atoms with Crippen LogP contribution >= 0.6 is 0 Å². The lowest BCUT2D eigenvalue weighted by Gasteiger charge is -2.18. The fraction of sp³-hybridized carbons (Fsp3) is 1.00. The van der Waals surface area contributed by atoms with Crippen LogP contribution in [0.15, 0.2) is 0 Å². The van der Waals surface area contributed by atoms with Gasteiger partial charge in [-0.1, -0.05) is 6.92 Å². The van der Waals surface area contributed by atoms with E-state index in [-0.39, 0.29) is 18.3 Å². The normalized spacial score (nSPS) is 14.8. The highest BCUT2D eigenvalue weighted by Crippen LogP contribution is 2.05. The lowest BCUT2D eigenvalue weighted by molar-refractivity contribution is -0.0177. The summed E-state index contributed by atoms with van der Waals surface area (Å²) in [7, 11) is 0. The van der Waals surface area contributed by atoms with Gasteiger partial charge in [0.1, 0.15) is 0 Å². The van der Waals surface area contributed by atoms with Gasteiger partial charge < -0.3 is 19.7 Å². The van der Waals surface area contributed by atoms with Crippen LogP contribution in [0, 0.1) is 0 Å². The van der Waals surface area contributed by atoms with Crippen LogP contribution in [0.3, 0.4) is 0 Å². The van der Waals surface area contributed by atoms with E-state index in [1.165, 1.54) is 0 Å². The molecule has 0 aromatic heterocycles. The van der Waals surface area contributed by atoms with Crippen molar-refractivity contribution in [1.29, 1.82) is 0 Å². The molecule has 0 radical (unpaired) electrons. The third-order valence-electron chi connectivity index (χ3n) is 1.62. The fourth-order valence-corrected chi connectivity index (χ4v) is 0.764. The molecule has 0 rings (SSSR count). The van der Waals surface area contributed by atoms with Crippen molar-refractivity contribution in [2.75, 3.05) is 19.8 Å². The number of ether oxygens (including phenoxy) is 2. The Kier molecular flexibility index (Phi) is 12.4. The maximum absolute atomic E-state index is 8.69. The molecule has 0 aliphatic carbocycles. The molecule has 4 nitrogen and oxygen atoms in total. The molecule has 0 aromatic carbocycles. The van der Waals surface area contributed by atoms with E-state index in [1.54, 1.807) is 13.8 Å². The molecular formula is C13H30O4. The van der Waals surface area contributed by atoms with E-state index in [1.807, 2.05) is 0 Å². The molecule has 0 saturated carbocycles. The van der Waals surface area contributed by atoms with Gasteiger partial charge in [-0.15, -0.1) is 0 Å². The topological polar surface area (TPSA) is 58.9 Å². The Morgan fingerprint density at radius 1 is 1.18 bits per heavy atom. The SMILES string of the molecule is CC(O)COC(C)CO.CCCOC(C)(C)C. The fourth-order valence-electron chi connectivity index (χ4n) is 0.764. The summed E-state index contributed by atoms with van der Waals surface area (Å²) < 4.78 is 10.3. The van der Waals surface area contributed by atoms with E-state index in [0.717, 1.165) is 13.0 Å². The van der Waals surface area contributed by atoms with E-state index in [2.05, 4.69) is 27.7 Å². The van der Waals surface area contributed by atoms with Crippen LogP contribution in [0.1, 0.15) is 48.0 Å². The minimum absolute atomic E-state index is 0.00667. The predicted octanol–water partition coefficient (Wildman–Crippen LogP) is 1.98. The highest BCUT2D eigenvalue weighted by Gasteiger charge is 2.07. The van der Waals surface area contributed by atoms with Crippen molar-refractivity contribution in [3.63, 3.8) is 0 Å². The number of aliphatic hydroxyl groups excluding tert-OH is 2. The maximum atomic E-state index is 8.69. The summed E-state index contributed by atoms with van der Waals surface area (Å²) >= 11 is 0. The zero-order chi connectivity index (χ0) is 13.9.